The molecule has 0 aliphatic carbocycles. The average Bonchev–Trinajstić information content (AvgIpc) is 3.17. The number of carbonyl (C=O) groups excluding carboxylic acids is 2. The van der Waals surface area contributed by atoms with Crippen molar-refractivity contribution in [3.8, 4) is 0 Å². The van der Waals surface area contributed by atoms with Crippen molar-refractivity contribution in [1.29, 1.82) is 0 Å². The first-order valence-corrected chi connectivity index (χ1v) is 23.5. The molecule has 316 valence electrons. The number of esters is 2. The molecule has 0 saturated heterocycles. The highest BCUT2D eigenvalue weighted by Crippen LogP contribution is 2.15. The van der Waals surface area contributed by atoms with Crippen LogP contribution in [-0.2, 0) is 19.1 Å². The lowest BCUT2D eigenvalue weighted by Gasteiger charge is -2.15. The zero-order valence-corrected chi connectivity index (χ0v) is 36.0. The Kier molecular flexibility index (Phi) is 43.9. The largest absolute Gasteiger partial charge is 0.462 e. The van der Waals surface area contributed by atoms with E-state index in [2.05, 4.69) is 50.3 Å². The molecule has 0 aliphatic heterocycles. The third-order valence-corrected chi connectivity index (χ3v) is 10.4. The van der Waals surface area contributed by atoms with Gasteiger partial charge in [0.25, 0.3) is 0 Å². The summed E-state index contributed by atoms with van der Waals surface area (Å²) in [5.41, 5.74) is 0. The first kappa shape index (κ1) is 52.1. The van der Waals surface area contributed by atoms with Crippen LogP contribution >= 0.6 is 0 Å². The molecule has 0 aromatic rings. The van der Waals surface area contributed by atoms with Gasteiger partial charge in [0.05, 0.1) is 6.61 Å². The highest BCUT2D eigenvalue weighted by molar-refractivity contribution is 5.70. The molecule has 0 amide bonds. The Bertz CT molecular complexity index is 862. The van der Waals surface area contributed by atoms with E-state index in [4.69, 9.17) is 9.47 Å². The summed E-state index contributed by atoms with van der Waals surface area (Å²) in [7, 11) is 0. The van der Waals surface area contributed by atoms with Gasteiger partial charge in [-0.15, -0.1) is 0 Å². The summed E-state index contributed by atoms with van der Waals surface area (Å²) < 4.78 is 10.7. The minimum absolute atomic E-state index is 0.0661. The quantitative estimate of drug-likeness (QED) is 0.0381. The van der Waals surface area contributed by atoms with E-state index in [1.54, 1.807) is 0 Å². The third kappa shape index (κ3) is 42.9. The van der Waals surface area contributed by atoms with Crippen molar-refractivity contribution in [3.05, 3.63) is 36.5 Å². The second-order valence-electron chi connectivity index (χ2n) is 15.8. The summed E-state index contributed by atoms with van der Waals surface area (Å²) in [5.74, 6) is -0.588. The first-order chi connectivity index (χ1) is 26.6. The van der Waals surface area contributed by atoms with E-state index in [0.717, 1.165) is 44.9 Å². The van der Waals surface area contributed by atoms with Crippen molar-refractivity contribution in [2.75, 3.05) is 13.2 Å². The van der Waals surface area contributed by atoms with Crippen molar-refractivity contribution in [2.24, 2.45) is 0 Å². The number of hydrogen-bond donors (Lipinski definition) is 1. The predicted molar refractivity (Wildman–Crippen MR) is 233 cm³/mol. The summed E-state index contributed by atoms with van der Waals surface area (Å²) in [5, 5.41) is 9.60. The smallest absolute Gasteiger partial charge is 0.306 e. The van der Waals surface area contributed by atoms with E-state index in [-0.39, 0.29) is 25.2 Å². The van der Waals surface area contributed by atoms with Gasteiger partial charge in [-0.1, -0.05) is 198 Å². The topological polar surface area (TPSA) is 72.8 Å². The molecule has 0 saturated carbocycles. The van der Waals surface area contributed by atoms with E-state index in [1.165, 1.54) is 173 Å². The number of rotatable bonds is 43. The Morgan fingerprint density at radius 3 is 1.15 bits per heavy atom. The van der Waals surface area contributed by atoms with Gasteiger partial charge in [-0.2, -0.15) is 0 Å². The van der Waals surface area contributed by atoms with E-state index >= 15 is 0 Å². The summed E-state index contributed by atoms with van der Waals surface area (Å²) >= 11 is 0. The molecule has 0 radical (unpaired) electrons. The highest BCUT2D eigenvalue weighted by atomic mass is 16.6. The van der Waals surface area contributed by atoms with E-state index in [9.17, 15) is 14.7 Å². The van der Waals surface area contributed by atoms with Crippen LogP contribution in [0.1, 0.15) is 245 Å². The van der Waals surface area contributed by atoms with Crippen LogP contribution in [0.5, 0.6) is 0 Å². The molecule has 1 N–H and O–H groups in total. The fourth-order valence-corrected chi connectivity index (χ4v) is 6.82. The minimum Gasteiger partial charge on any atom is -0.462 e. The number of ether oxygens (including phenoxy) is 2. The van der Waals surface area contributed by atoms with Crippen molar-refractivity contribution in [1.82, 2.24) is 0 Å². The SMILES string of the molecule is CCCCCC=CCC=CCCCCCCCCCCCC(=O)OCC(CO)OC(=O)CCCCCCCCCCCCCC=CCCCCCCCC. The van der Waals surface area contributed by atoms with Crippen LogP contribution < -0.4 is 0 Å². The van der Waals surface area contributed by atoms with Gasteiger partial charge in [-0.25, -0.2) is 0 Å². The molecule has 0 rings (SSSR count). The molecule has 1 atom stereocenters. The Hall–Kier alpha value is -1.88. The Labute approximate surface area is 336 Å². The number of unbranched alkanes of at least 4 members (excludes halogenated alkanes) is 29. The van der Waals surface area contributed by atoms with E-state index < -0.39 is 6.10 Å². The van der Waals surface area contributed by atoms with Gasteiger partial charge < -0.3 is 14.6 Å². The van der Waals surface area contributed by atoms with Crippen molar-refractivity contribution < 1.29 is 24.2 Å². The molecule has 5 nitrogen and oxygen atoms in total. The van der Waals surface area contributed by atoms with E-state index in [1.807, 2.05) is 0 Å². The van der Waals surface area contributed by atoms with Crippen LogP contribution in [-0.4, -0.2) is 36.4 Å². The molecular formula is C49H90O5. The normalized spacial score (nSPS) is 12.4. The lowest BCUT2D eigenvalue weighted by molar-refractivity contribution is -0.161. The van der Waals surface area contributed by atoms with Crippen LogP contribution in [0.4, 0.5) is 0 Å². The fourth-order valence-electron chi connectivity index (χ4n) is 6.82. The molecule has 0 aliphatic rings. The molecular weight excluding hydrogens is 669 g/mol. The minimum atomic E-state index is -0.772. The molecule has 5 heteroatoms. The molecule has 0 aromatic carbocycles. The monoisotopic (exact) mass is 759 g/mol. The highest BCUT2D eigenvalue weighted by Gasteiger charge is 2.16. The van der Waals surface area contributed by atoms with Gasteiger partial charge in [0, 0.05) is 12.8 Å². The van der Waals surface area contributed by atoms with Crippen LogP contribution in [0.25, 0.3) is 0 Å². The van der Waals surface area contributed by atoms with Crippen LogP contribution in [0.3, 0.4) is 0 Å². The Morgan fingerprint density at radius 2 is 0.741 bits per heavy atom. The second kappa shape index (κ2) is 45.5. The van der Waals surface area contributed by atoms with Gasteiger partial charge >= 0.3 is 11.9 Å². The van der Waals surface area contributed by atoms with Gasteiger partial charge in [-0.3, -0.25) is 9.59 Å². The maximum absolute atomic E-state index is 12.2. The number of carbonyl (C=O) groups is 2. The lowest BCUT2D eigenvalue weighted by atomic mass is 10.0. The number of aliphatic hydroxyl groups excluding tert-OH is 1. The predicted octanol–water partition coefficient (Wildman–Crippen LogP) is 15.2. The van der Waals surface area contributed by atoms with Crippen LogP contribution in [0.2, 0.25) is 0 Å². The second-order valence-corrected chi connectivity index (χ2v) is 15.8. The molecule has 0 heterocycles. The van der Waals surface area contributed by atoms with Crippen LogP contribution in [0.15, 0.2) is 36.5 Å². The summed E-state index contributed by atoms with van der Waals surface area (Å²) in [6.45, 7) is 4.13. The zero-order valence-electron chi connectivity index (χ0n) is 36.0. The van der Waals surface area contributed by atoms with Crippen molar-refractivity contribution in [2.45, 2.75) is 251 Å². The molecule has 0 bridgehead atoms. The maximum Gasteiger partial charge on any atom is 0.306 e. The number of aliphatic hydroxyl groups is 1. The number of hydrogen-bond acceptors (Lipinski definition) is 5. The lowest BCUT2D eigenvalue weighted by Crippen LogP contribution is -2.28. The Morgan fingerprint density at radius 1 is 0.426 bits per heavy atom. The zero-order chi connectivity index (χ0) is 39.3. The molecule has 0 fully saturated rings. The molecule has 0 aromatic heterocycles. The van der Waals surface area contributed by atoms with Crippen molar-refractivity contribution >= 4 is 11.9 Å². The van der Waals surface area contributed by atoms with Crippen molar-refractivity contribution in [3.63, 3.8) is 0 Å². The number of allylic oxidation sites excluding steroid dienone is 6. The van der Waals surface area contributed by atoms with Gasteiger partial charge in [0.2, 0.25) is 0 Å². The molecule has 1 unspecified atom stereocenters. The van der Waals surface area contributed by atoms with Crippen LogP contribution in [0, 0.1) is 0 Å². The summed E-state index contributed by atoms with van der Waals surface area (Å²) in [4.78, 5) is 24.4. The molecule has 54 heavy (non-hydrogen) atoms. The average molecular weight is 759 g/mol. The summed E-state index contributed by atoms with van der Waals surface area (Å²) in [6.07, 6.45) is 56.5. The first-order valence-electron chi connectivity index (χ1n) is 23.5. The third-order valence-electron chi connectivity index (χ3n) is 10.4. The van der Waals surface area contributed by atoms with Gasteiger partial charge in [0.15, 0.2) is 6.10 Å². The van der Waals surface area contributed by atoms with Gasteiger partial charge in [0.1, 0.15) is 6.61 Å². The maximum atomic E-state index is 12.2. The van der Waals surface area contributed by atoms with Gasteiger partial charge in [-0.05, 0) is 70.6 Å². The molecule has 0 spiro atoms. The van der Waals surface area contributed by atoms with E-state index in [0.29, 0.717) is 12.8 Å². The summed E-state index contributed by atoms with van der Waals surface area (Å²) in [6, 6.07) is 0. The standard InChI is InChI=1S/C49H90O5/c1-3-5-7-9-11-13-15-17-19-21-23-24-26-28-30-32-34-36-38-40-42-44-49(52)54-47(45-50)46-53-48(51)43-41-39-37-35-33-31-29-27-25-22-20-18-16-14-12-10-8-6-4-2/h12,14,17-20,47,50H,3-11,13,15-16,21-46H2,1-2H3. The fraction of sp³-hybridized carbons (Fsp3) is 0.837. The Balaban J connectivity index is 3.50.